The fraction of sp³-hybridized carbons (Fsp3) is 0.647. The van der Waals surface area contributed by atoms with Crippen molar-refractivity contribution in [2.75, 3.05) is 7.05 Å². The van der Waals surface area contributed by atoms with Crippen molar-refractivity contribution in [2.24, 2.45) is 16.6 Å². The Morgan fingerprint density at radius 3 is 2.58 bits per heavy atom. The highest BCUT2D eigenvalue weighted by molar-refractivity contribution is 6.22. The second-order valence-electron chi connectivity index (χ2n) is 7.26. The largest absolute Gasteiger partial charge is 0.399 e. The van der Waals surface area contributed by atoms with Crippen molar-refractivity contribution in [1.82, 2.24) is 15.0 Å². The summed E-state index contributed by atoms with van der Waals surface area (Å²) in [5.74, 6) is 0.789. The minimum absolute atomic E-state index is 0.0291. The van der Waals surface area contributed by atoms with E-state index in [9.17, 15) is 4.79 Å². The van der Waals surface area contributed by atoms with E-state index in [0.29, 0.717) is 17.4 Å². The lowest BCUT2D eigenvalue weighted by atomic mass is 9.93. The van der Waals surface area contributed by atoms with E-state index in [0.717, 1.165) is 25.7 Å². The van der Waals surface area contributed by atoms with Gasteiger partial charge in [-0.1, -0.05) is 37.0 Å². The maximum atomic E-state index is 12.6. The second kappa shape index (κ2) is 6.62. The zero-order valence-electron chi connectivity index (χ0n) is 15.7. The molecule has 1 aromatic heterocycles. The number of hydrogen-bond acceptors (Lipinski definition) is 7. The topological polar surface area (TPSA) is 133 Å². The first-order valence-corrected chi connectivity index (χ1v) is 8.89. The summed E-state index contributed by atoms with van der Waals surface area (Å²) in [5, 5.41) is 7.80. The molecule has 1 amide bonds. The lowest BCUT2D eigenvalue weighted by Crippen LogP contribution is -2.45. The van der Waals surface area contributed by atoms with Gasteiger partial charge >= 0.3 is 0 Å². The summed E-state index contributed by atoms with van der Waals surface area (Å²) in [6.45, 7) is 5.65. The van der Waals surface area contributed by atoms with E-state index in [1.807, 2.05) is 13.8 Å². The second-order valence-corrected chi connectivity index (χ2v) is 7.26. The van der Waals surface area contributed by atoms with Crippen LogP contribution in [0.5, 0.6) is 0 Å². The van der Waals surface area contributed by atoms with E-state index >= 15 is 0 Å². The predicted octanol–water partition coefficient (Wildman–Crippen LogP) is 1.54. The van der Waals surface area contributed by atoms with Gasteiger partial charge in [-0.15, -0.1) is 0 Å². The van der Waals surface area contributed by atoms with Crippen molar-refractivity contribution in [1.29, 1.82) is 0 Å². The summed E-state index contributed by atoms with van der Waals surface area (Å²) in [6.07, 6.45) is 3.16. The molecule has 4 N–H and O–H groups in total. The monoisotopic (exact) mass is 362 g/mol. The quantitative estimate of drug-likeness (QED) is 0.461. The number of rotatable bonds is 5. The van der Waals surface area contributed by atoms with Crippen molar-refractivity contribution in [2.45, 2.75) is 64.0 Å². The van der Waals surface area contributed by atoms with Crippen molar-refractivity contribution in [3.63, 3.8) is 0 Å². The Kier molecular flexibility index (Phi) is 4.64. The Labute approximate surface area is 152 Å². The lowest BCUT2D eigenvalue weighted by Gasteiger charge is -2.33. The first kappa shape index (κ1) is 18.2. The molecule has 1 fully saturated rings. The van der Waals surface area contributed by atoms with Gasteiger partial charge in [0.15, 0.2) is 11.7 Å². The molecular formula is C17H26N6O3. The first-order valence-electron chi connectivity index (χ1n) is 8.89. The van der Waals surface area contributed by atoms with Crippen LogP contribution in [0.1, 0.15) is 70.2 Å². The van der Waals surface area contributed by atoms with Crippen LogP contribution >= 0.6 is 0 Å². The average Bonchev–Trinajstić information content (AvgIpc) is 3.31. The fourth-order valence-corrected chi connectivity index (χ4v) is 3.58. The van der Waals surface area contributed by atoms with Crippen LogP contribution in [0.3, 0.4) is 0 Å². The maximum Gasteiger partial charge on any atom is 0.270 e. The fourth-order valence-electron chi connectivity index (χ4n) is 3.58. The Bertz CT molecular complexity index is 760. The number of hydrogen-bond donors (Lipinski definition) is 2. The highest BCUT2D eigenvalue weighted by Crippen LogP contribution is 2.44. The predicted molar refractivity (Wildman–Crippen MR) is 94.7 cm³/mol. The van der Waals surface area contributed by atoms with Crippen LogP contribution in [0.4, 0.5) is 0 Å². The summed E-state index contributed by atoms with van der Waals surface area (Å²) in [6, 6.07) is 0. The lowest BCUT2D eigenvalue weighted by molar-refractivity contribution is -0.127. The van der Waals surface area contributed by atoms with Gasteiger partial charge in [-0.3, -0.25) is 4.79 Å². The van der Waals surface area contributed by atoms with E-state index in [1.165, 1.54) is 0 Å². The zero-order chi connectivity index (χ0) is 19.1. The summed E-state index contributed by atoms with van der Waals surface area (Å²) >= 11 is 0. The van der Waals surface area contributed by atoms with Gasteiger partial charge in [0.05, 0.1) is 11.2 Å². The average molecular weight is 362 g/mol. The Morgan fingerprint density at radius 2 is 2.00 bits per heavy atom. The standard InChI is InChI=1S/C17H26N6O3/c1-9(2)14-20-15(26-22-14)10(3)25-21-13(19)11-12(18)17(7-5-6-8-17)23(4)16(11)24/h9-10H,5-8,18H2,1-4H3,(H2,19,21)/t10-/m1/s1. The van der Waals surface area contributed by atoms with E-state index < -0.39 is 11.6 Å². The molecule has 1 saturated carbocycles. The summed E-state index contributed by atoms with van der Waals surface area (Å²) in [4.78, 5) is 24.0. The molecule has 0 radical (unpaired) electrons. The number of likely N-dealkylation sites (N-methyl/N-ethyl adjacent to an activating group) is 1. The highest BCUT2D eigenvalue weighted by atomic mass is 16.6. The number of nitrogens with zero attached hydrogens (tertiary/aromatic N) is 4. The van der Waals surface area contributed by atoms with Crippen LogP contribution in [0, 0.1) is 0 Å². The van der Waals surface area contributed by atoms with E-state index in [1.54, 1.807) is 18.9 Å². The molecule has 1 aliphatic carbocycles. The van der Waals surface area contributed by atoms with Gasteiger partial charge in [0.2, 0.25) is 6.10 Å². The molecule has 9 nitrogen and oxygen atoms in total. The van der Waals surface area contributed by atoms with Crippen molar-refractivity contribution < 1.29 is 14.2 Å². The van der Waals surface area contributed by atoms with E-state index in [4.69, 9.17) is 20.8 Å². The Balaban J connectivity index is 1.78. The molecule has 0 saturated heterocycles. The Morgan fingerprint density at radius 1 is 1.35 bits per heavy atom. The highest BCUT2D eigenvalue weighted by Gasteiger charge is 2.51. The first-order chi connectivity index (χ1) is 12.3. The molecule has 0 unspecified atom stereocenters. The van der Waals surface area contributed by atoms with Crippen LogP contribution in [0.25, 0.3) is 0 Å². The number of nitrogens with two attached hydrogens (primary N) is 2. The third-order valence-electron chi connectivity index (χ3n) is 5.25. The molecule has 142 valence electrons. The molecule has 2 heterocycles. The molecule has 0 aromatic carbocycles. The normalized spacial score (nSPS) is 21.3. The molecular weight excluding hydrogens is 336 g/mol. The molecule has 1 spiro atoms. The van der Waals surface area contributed by atoms with Gasteiger partial charge in [0.1, 0.15) is 5.57 Å². The third-order valence-corrected chi connectivity index (χ3v) is 5.25. The molecule has 1 atom stereocenters. The van der Waals surface area contributed by atoms with Gasteiger partial charge in [-0.05, 0) is 19.8 Å². The number of amides is 1. The minimum atomic E-state index is -0.593. The van der Waals surface area contributed by atoms with Gasteiger partial charge in [-0.2, -0.15) is 4.98 Å². The number of aromatic nitrogens is 2. The number of carbonyl (C=O) groups excluding carboxylic acids is 1. The van der Waals surface area contributed by atoms with Crippen LogP contribution in [0.2, 0.25) is 0 Å². The smallest absolute Gasteiger partial charge is 0.270 e. The van der Waals surface area contributed by atoms with Crippen molar-refractivity contribution in [3.8, 4) is 0 Å². The Hall–Kier alpha value is -2.58. The molecule has 0 bridgehead atoms. The van der Waals surface area contributed by atoms with Gasteiger partial charge in [0.25, 0.3) is 11.8 Å². The molecule has 26 heavy (non-hydrogen) atoms. The number of carbonyl (C=O) groups is 1. The van der Waals surface area contributed by atoms with Crippen LogP contribution < -0.4 is 11.5 Å². The summed E-state index contributed by atoms with van der Waals surface area (Å²) < 4.78 is 5.17. The zero-order valence-corrected chi connectivity index (χ0v) is 15.7. The van der Waals surface area contributed by atoms with Crippen molar-refractivity contribution >= 4 is 11.7 Å². The maximum absolute atomic E-state index is 12.6. The van der Waals surface area contributed by atoms with Gasteiger partial charge < -0.3 is 25.7 Å². The van der Waals surface area contributed by atoms with E-state index in [2.05, 4.69) is 15.3 Å². The number of oxime groups is 1. The van der Waals surface area contributed by atoms with Gasteiger partial charge in [-0.25, -0.2) is 0 Å². The summed E-state index contributed by atoms with van der Waals surface area (Å²) in [5.41, 5.74) is 12.6. The molecule has 3 rings (SSSR count). The van der Waals surface area contributed by atoms with Crippen molar-refractivity contribution in [3.05, 3.63) is 23.0 Å². The van der Waals surface area contributed by atoms with E-state index in [-0.39, 0.29) is 23.2 Å². The van der Waals surface area contributed by atoms with Crippen LogP contribution in [-0.2, 0) is 9.63 Å². The molecule has 1 aromatic rings. The third kappa shape index (κ3) is 2.81. The number of amidine groups is 1. The molecule has 9 heteroatoms. The van der Waals surface area contributed by atoms with Crippen LogP contribution in [-0.4, -0.2) is 39.4 Å². The summed E-state index contributed by atoms with van der Waals surface area (Å²) in [7, 11) is 1.76. The minimum Gasteiger partial charge on any atom is -0.399 e. The molecule has 2 aliphatic rings. The van der Waals surface area contributed by atoms with Crippen LogP contribution in [0.15, 0.2) is 20.9 Å². The van der Waals surface area contributed by atoms with Gasteiger partial charge in [0, 0.05) is 13.0 Å². The SMILES string of the molecule is CC(C)c1noc([C@@H](C)O/N=C(\N)C2=C(N)C3(CCCC3)N(C)C2=O)n1. The molecule has 1 aliphatic heterocycles.